The lowest BCUT2D eigenvalue weighted by atomic mass is 9.75. The van der Waals surface area contributed by atoms with Crippen LogP contribution in [-0.2, 0) is 24.5 Å². The third-order valence-corrected chi connectivity index (χ3v) is 7.24. The van der Waals surface area contributed by atoms with Crippen molar-refractivity contribution < 1.29 is 23.5 Å². The normalized spacial score (nSPS) is 25.6. The van der Waals surface area contributed by atoms with Gasteiger partial charge in [-0.15, -0.1) is 0 Å². The minimum atomic E-state index is -1.32. The van der Waals surface area contributed by atoms with Crippen molar-refractivity contribution in [3.63, 3.8) is 0 Å². The third-order valence-electron chi connectivity index (χ3n) is 7.24. The van der Waals surface area contributed by atoms with Crippen molar-refractivity contribution in [1.29, 1.82) is 0 Å². The fourth-order valence-electron chi connectivity index (χ4n) is 5.50. The van der Waals surface area contributed by atoms with E-state index in [9.17, 15) is 18.8 Å². The van der Waals surface area contributed by atoms with Crippen LogP contribution in [0.2, 0.25) is 0 Å². The van der Waals surface area contributed by atoms with Gasteiger partial charge >= 0.3 is 0 Å². The summed E-state index contributed by atoms with van der Waals surface area (Å²) in [5.74, 6) is -0.761. The number of hydrogen-bond acceptors (Lipinski definition) is 4. The number of likely N-dealkylation sites (tertiary alicyclic amines) is 2. The number of nitrogens with zero attached hydrogens (tertiary/aromatic N) is 2. The van der Waals surface area contributed by atoms with Crippen LogP contribution in [0, 0.1) is 11.7 Å². The standard InChI is InChI=1S/C24H31FN2O4/c1-31-16-17-9-11-26(12-10-17)21(28)14-24(18-5-4-6-19(25)13-18)15-22(29)27(23(24)30)20-7-2-3-8-20/h4-6,13,17,20H,2-3,7-12,14-16H2,1H3. The second kappa shape index (κ2) is 9.07. The molecule has 31 heavy (non-hydrogen) atoms. The van der Waals surface area contributed by atoms with Gasteiger partial charge in [-0.25, -0.2) is 4.39 Å². The summed E-state index contributed by atoms with van der Waals surface area (Å²) in [6.45, 7) is 1.90. The first-order valence-electron chi connectivity index (χ1n) is 11.3. The number of benzene rings is 1. The number of amides is 3. The second-order valence-electron chi connectivity index (χ2n) is 9.23. The molecule has 2 heterocycles. The van der Waals surface area contributed by atoms with Crippen molar-refractivity contribution >= 4 is 17.7 Å². The summed E-state index contributed by atoms with van der Waals surface area (Å²) in [7, 11) is 1.68. The van der Waals surface area contributed by atoms with Crippen LogP contribution in [0.3, 0.4) is 0 Å². The fourth-order valence-corrected chi connectivity index (χ4v) is 5.50. The highest BCUT2D eigenvalue weighted by molar-refractivity contribution is 6.11. The van der Waals surface area contributed by atoms with E-state index >= 15 is 0 Å². The quantitative estimate of drug-likeness (QED) is 0.651. The maximum Gasteiger partial charge on any atom is 0.241 e. The molecule has 7 heteroatoms. The molecule has 0 aromatic heterocycles. The SMILES string of the molecule is COCC1CCN(C(=O)CC2(c3cccc(F)c3)CC(=O)N(C3CCCC3)C2=O)CC1. The summed E-state index contributed by atoms with van der Waals surface area (Å²) in [5.41, 5.74) is -0.892. The Morgan fingerprint density at radius 2 is 1.87 bits per heavy atom. The molecule has 2 saturated heterocycles. The van der Waals surface area contributed by atoms with E-state index < -0.39 is 11.2 Å². The molecule has 3 amide bonds. The van der Waals surface area contributed by atoms with Gasteiger partial charge in [0.15, 0.2) is 0 Å². The highest BCUT2D eigenvalue weighted by Gasteiger charge is 2.56. The van der Waals surface area contributed by atoms with Crippen LogP contribution < -0.4 is 0 Å². The number of carbonyl (C=O) groups is 3. The summed E-state index contributed by atoms with van der Waals surface area (Å²) in [6, 6.07) is 5.74. The summed E-state index contributed by atoms with van der Waals surface area (Å²) < 4.78 is 19.3. The molecule has 1 aromatic carbocycles. The zero-order valence-electron chi connectivity index (χ0n) is 18.1. The van der Waals surface area contributed by atoms with Gasteiger partial charge in [-0.3, -0.25) is 19.3 Å². The minimum absolute atomic E-state index is 0.0718. The Labute approximate surface area is 182 Å². The van der Waals surface area contributed by atoms with Gasteiger partial charge < -0.3 is 9.64 Å². The molecule has 3 fully saturated rings. The lowest BCUT2D eigenvalue weighted by molar-refractivity contribution is -0.145. The van der Waals surface area contributed by atoms with Gasteiger partial charge in [0.05, 0.1) is 5.41 Å². The number of rotatable bonds is 6. The van der Waals surface area contributed by atoms with Crippen molar-refractivity contribution in [2.45, 2.75) is 62.8 Å². The Kier molecular flexibility index (Phi) is 6.42. The van der Waals surface area contributed by atoms with E-state index in [-0.39, 0.29) is 36.6 Å². The van der Waals surface area contributed by atoms with Crippen LogP contribution in [0.4, 0.5) is 4.39 Å². The van der Waals surface area contributed by atoms with Crippen LogP contribution in [0.5, 0.6) is 0 Å². The van der Waals surface area contributed by atoms with Crippen molar-refractivity contribution in [3.05, 3.63) is 35.6 Å². The second-order valence-corrected chi connectivity index (χ2v) is 9.23. The Morgan fingerprint density at radius 3 is 2.52 bits per heavy atom. The van der Waals surface area contributed by atoms with Crippen LogP contribution in [0.25, 0.3) is 0 Å². The van der Waals surface area contributed by atoms with Crippen molar-refractivity contribution in [1.82, 2.24) is 9.80 Å². The summed E-state index contributed by atoms with van der Waals surface area (Å²) in [4.78, 5) is 43.1. The molecule has 2 aliphatic heterocycles. The van der Waals surface area contributed by atoms with Crippen LogP contribution in [0.1, 0.15) is 56.9 Å². The zero-order chi connectivity index (χ0) is 22.0. The van der Waals surface area contributed by atoms with Crippen molar-refractivity contribution in [2.75, 3.05) is 26.8 Å². The largest absolute Gasteiger partial charge is 0.384 e. The van der Waals surface area contributed by atoms with E-state index in [4.69, 9.17) is 4.74 Å². The fraction of sp³-hybridized carbons (Fsp3) is 0.625. The maximum absolute atomic E-state index is 14.1. The number of methoxy groups -OCH3 is 1. The predicted molar refractivity (Wildman–Crippen MR) is 113 cm³/mol. The molecule has 6 nitrogen and oxygen atoms in total. The molecule has 0 spiro atoms. The first-order valence-corrected chi connectivity index (χ1v) is 11.3. The average Bonchev–Trinajstić information content (AvgIpc) is 3.35. The summed E-state index contributed by atoms with van der Waals surface area (Å²) >= 11 is 0. The predicted octanol–water partition coefficient (Wildman–Crippen LogP) is 3.04. The first-order chi connectivity index (χ1) is 14.9. The van der Waals surface area contributed by atoms with Crippen molar-refractivity contribution in [3.8, 4) is 0 Å². The van der Waals surface area contributed by atoms with E-state index in [0.717, 1.165) is 38.5 Å². The average molecular weight is 431 g/mol. The summed E-state index contributed by atoms with van der Waals surface area (Å²) in [6.07, 6.45) is 5.13. The van der Waals surface area contributed by atoms with Gasteiger partial charge in [0.2, 0.25) is 17.7 Å². The van der Waals surface area contributed by atoms with E-state index in [1.165, 1.54) is 17.0 Å². The molecule has 1 unspecified atom stereocenters. The summed E-state index contributed by atoms with van der Waals surface area (Å²) in [5, 5.41) is 0. The Balaban J connectivity index is 1.59. The van der Waals surface area contributed by atoms with Gasteiger partial charge in [0, 0.05) is 45.7 Å². The number of imide groups is 1. The van der Waals surface area contributed by atoms with E-state index in [2.05, 4.69) is 0 Å². The number of halogens is 1. The molecule has 168 valence electrons. The first kappa shape index (κ1) is 21.9. The van der Waals surface area contributed by atoms with Crippen molar-refractivity contribution in [2.24, 2.45) is 5.92 Å². The maximum atomic E-state index is 14.1. The Morgan fingerprint density at radius 1 is 1.16 bits per heavy atom. The molecule has 1 saturated carbocycles. The van der Waals surface area contributed by atoms with Crippen LogP contribution in [-0.4, -0.2) is 60.4 Å². The van der Waals surface area contributed by atoms with Gasteiger partial charge in [-0.05, 0) is 49.3 Å². The van der Waals surface area contributed by atoms with Gasteiger partial charge in [0.25, 0.3) is 0 Å². The molecule has 1 aromatic rings. The van der Waals surface area contributed by atoms with E-state index in [1.807, 2.05) is 0 Å². The Hall–Kier alpha value is -2.28. The highest BCUT2D eigenvalue weighted by Crippen LogP contribution is 2.43. The number of piperidine rings is 1. The monoisotopic (exact) mass is 430 g/mol. The van der Waals surface area contributed by atoms with Crippen LogP contribution >= 0.6 is 0 Å². The highest BCUT2D eigenvalue weighted by atomic mass is 19.1. The Bertz CT molecular complexity index is 846. The molecule has 0 radical (unpaired) electrons. The number of hydrogen-bond donors (Lipinski definition) is 0. The topological polar surface area (TPSA) is 66.9 Å². The number of carbonyl (C=O) groups excluding carboxylic acids is 3. The molecule has 4 rings (SSSR count). The van der Waals surface area contributed by atoms with Gasteiger partial charge in [0.1, 0.15) is 5.82 Å². The van der Waals surface area contributed by atoms with Gasteiger partial charge in [-0.1, -0.05) is 25.0 Å². The van der Waals surface area contributed by atoms with Gasteiger partial charge in [-0.2, -0.15) is 0 Å². The molecule has 1 aliphatic carbocycles. The molecular weight excluding hydrogens is 399 g/mol. The van der Waals surface area contributed by atoms with E-state index in [0.29, 0.717) is 31.2 Å². The molecule has 3 aliphatic rings. The minimum Gasteiger partial charge on any atom is -0.384 e. The van der Waals surface area contributed by atoms with Crippen LogP contribution in [0.15, 0.2) is 24.3 Å². The zero-order valence-corrected chi connectivity index (χ0v) is 18.1. The molecule has 0 bridgehead atoms. The van der Waals surface area contributed by atoms with E-state index in [1.54, 1.807) is 24.1 Å². The number of ether oxygens (including phenoxy) is 1. The lowest BCUT2D eigenvalue weighted by Gasteiger charge is -2.35. The molecule has 1 atom stereocenters. The lowest BCUT2D eigenvalue weighted by Crippen LogP contribution is -2.47. The third kappa shape index (κ3) is 4.25. The molecular formula is C24H31FN2O4. The smallest absolute Gasteiger partial charge is 0.241 e. The molecule has 0 N–H and O–H groups in total.